The Morgan fingerprint density at radius 3 is 2.78 bits per heavy atom. The lowest BCUT2D eigenvalue weighted by Crippen LogP contribution is -2.40. The van der Waals surface area contributed by atoms with E-state index >= 15 is 0 Å². The number of nitrogens with one attached hydrogen (secondary N) is 2. The zero-order chi connectivity index (χ0) is 25.6. The molecule has 5 rings (SSSR count). The lowest BCUT2D eigenvalue weighted by Gasteiger charge is -2.18. The van der Waals surface area contributed by atoms with Crippen LogP contribution in [0.3, 0.4) is 0 Å². The molecule has 1 amide bonds. The molecule has 2 N–H and O–H groups in total. The molecular weight excluding hydrogens is 463 g/mol. The van der Waals surface area contributed by atoms with Gasteiger partial charge in [-0.15, -0.1) is 0 Å². The van der Waals surface area contributed by atoms with E-state index in [9.17, 15) is 9.18 Å². The molecule has 0 radical (unpaired) electrons. The predicted molar refractivity (Wildman–Crippen MR) is 136 cm³/mol. The molecule has 0 saturated carbocycles. The highest BCUT2D eigenvalue weighted by Gasteiger charge is 2.35. The van der Waals surface area contributed by atoms with E-state index < -0.39 is 18.1 Å². The maximum atomic E-state index is 14.8. The molecule has 2 saturated heterocycles. The van der Waals surface area contributed by atoms with Gasteiger partial charge in [-0.25, -0.2) is 9.37 Å². The number of amides is 1. The van der Waals surface area contributed by atoms with Crippen LogP contribution in [0.15, 0.2) is 25.2 Å². The highest BCUT2D eigenvalue weighted by molar-refractivity contribution is 5.88. The molecule has 0 spiro atoms. The summed E-state index contributed by atoms with van der Waals surface area (Å²) in [6.45, 7) is 11.9. The number of hydrogen-bond acceptors (Lipinski definition) is 8. The molecule has 2 aliphatic heterocycles. The van der Waals surface area contributed by atoms with Crippen molar-refractivity contribution in [1.82, 2.24) is 39.5 Å². The van der Waals surface area contributed by atoms with Crippen LogP contribution in [-0.4, -0.2) is 85.5 Å². The fourth-order valence-electron chi connectivity index (χ4n) is 4.97. The largest absolute Gasteiger partial charge is 0.345 e. The summed E-state index contributed by atoms with van der Waals surface area (Å²) < 4.78 is 18.8. The number of carbonyl (C=O) groups is 1. The Morgan fingerprint density at radius 1 is 1.28 bits per heavy atom. The van der Waals surface area contributed by atoms with Crippen molar-refractivity contribution in [2.75, 3.05) is 43.4 Å². The Bertz CT molecular complexity index is 1280. The van der Waals surface area contributed by atoms with Crippen LogP contribution >= 0.6 is 0 Å². The van der Waals surface area contributed by atoms with Crippen molar-refractivity contribution in [2.45, 2.75) is 51.5 Å². The number of nitrogens with zero attached hydrogens (tertiary/aromatic N) is 8. The first-order valence-electron chi connectivity index (χ1n) is 12.3. The predicted octanol–water partition coefficient (Wildman–Crippen LogP) is 2.36. The molecule has 0 bridgehead atoms. The minimum atomic E-state index is -1.25. The van der Waals surface area contributed by atoms with E-state index in [-0.39, 0.29) is 19.1 Å². The van der Waals surface area contributed by atoms with Gasteiger partial charge in [0, 0.05) is 19.1 Å². The van der Waals surface area contributed by atoms with E-state index in [0.29, 0.717) is 29.0 Å². The molecule has 0 unspecified atom stereocenters. The second-order valence-electron chi connectivity index (χ2n) is 9.95. The van der Waals surface area contributed by atoms with Crippen molar-refractivity contribution in [3.05, 3.63) is 30.9 Å². The van der Waals surface area contributed by atoms with Crippen molar-refractivity contribution >= 4 is 34.5 Å². The number of hydrogen-bond donors (Lipinski definition) is 2. The molecule has 3 aromatic heterocycles. The summed E-state index contributed by atoms with van der Waals surface area (Å²) in [6, 6.07) is -0.201. The minimum Gasteiger partial charge on any atom is -0.345 e. The number of likely N-dealkylation sites (tertiary alicyclic amines) is 1. The van der Waals surface area contributed by atoms with Gasteiger partial charge >= 0.3 is 0 Å². The highest BCUT2D eigenvalue weighted by atomic mass is 19.1. The third-order valence-electron chi connectivity index (χ3n) is 7.02. The molecule has 192 valence electrons. The van der Waals surface area contributed by atoms with Crippen LogP contribution in [-0.2, 0) is 4.79 Å². The number of aromatic nitrogens is 6. The van der Waals surface area contributed by atoms with E-state index in [2.05, 4.69) is 57.8 Å². The highest BCUT2D eigenvalue weighted by Crippen LogP contribution is 2.31. The lowest BCUT2D eigenvalue weighted by molar-refractivity contribution is -0.117. The molecule has 0 aliphatic carbocycles. The second-order valence-corrected chi connectivity index (χ2v) is 9.95. The molecule has 0 aromatic carbocycles. The number of halogens is 1. The molecule has 2 aliphatic rings. The Kier molecular flexibility index (Phi) is 6.37. The molecule has 3 atom stereocenters. The second kappa shape index (κ2) is 9.49. The van der Waals surface area contributed by atoms with Crippen LogP contribution in [0, 0.1) is 6.92 Å². The fourth-order valence-corrected chi connectivity index (χ4v) is 4.97. The summed E-state index contributed by atoms with van der Waals surface area (Å²) in [5, 5.41) is 10.7. The van der Waals surface area contributed by atoms with Gasteiger partial charge < -0.3 is 25.0 Å². The number of anilines is 3. The van der Waals surface area contributed by atoms with Gasteiger partial charge in [-0.1, -0.05) is 6.58 Å². The first kappa shape index (κ1) is 24.2. The van der Waals surface area contributed by atoms with Crippen LogP contribution in [0.25, 0.3) is 11.2 Å². The van der Waals surface area contributed by atoms with Gasteiger partial charge in [0.25, 0.3) is 0 Å². The Morgan fingerprint density at radius 2 is 2.08 bits per heavy atom. The molecule has 3 aromatic rings. The van der Waals surface area contributed by atoms with E-state index in [0.717, 1.165) is 37.0 Å². The number of fused-ring (bicyclic) bond motifs is 1. The smallest absolute Gasteiger partial charge is 0.243 e. The summed E-state index contributed by atoms with van der Waals surface area (Å²) in [6.07, 6.45) is 4.52. The number of imidazole rings is 1. The number of rotatable bonds is 7. The van der Waals surface area contributed by atoms with Crippen LogP contribution < -0.4 is 15.5 Å². The van der Waals surface area contributed by atoms with Crippen molar-refractivity contribution in [1.29, 1.82) is 0 Å². The molecule has 2 fully saturated rings. The summed E-state index contributed by atoms with van der Waals surface area (Å²) in [5.74, 6) is 0.518. The Labute approximate surface area is 209 Å². The van der Waals surface area contributed by atoms with Crippen molar-refractivity contribution in [2.24, 2.45) is 0 Å². The standard InChI is InChI=1S/C24H33FN10O/c1-6-20(36)28-19-12-33(11-17(19)25)24-30-22(21-23(31-24)34(13-26-21)14(2)3)29-18-9-27-35(15(18)4)16-7-8-32(5)10-16/h6,9,13-14,16-17,19H,1,7-8,10-12H2,2-5H3,(H,28,36)(H,29,30,31)/t16-,17-,19-/m1/s1. The minimum absolute atomic E-state index is 0.0784. The van der Waals surface area contributed by atoms with Gasteiger partial charge in [-0.3, -0.25) is 9.48 Å². The van der Waals surface area contributed by atoms with Crippen molar-refractivity contribution < 1.29 is 9.18 Å². The van der Waals surface area contributed by atoms with E-state index in [4.69, 9.17) is 9.97 Å². The summed E-state index contributed by atoms with van der Waals surface area (Å²) in [7, 11) is 2.12. The quantitative estimate of drug-likeness (QED) is 0.480. The van der Waals surface area contributed by atoms with Gasteiger partial charge in [0.15, 0.2) is 17.0 Å². The van der Waals surface area contributed by atoms with Crippen LogP contribution in [0.4, 0.5) is 21.8 Å². The third-order valence-corrected chi connectivity index (χ3v) is 7.02. The molecule has 12 heteroatoms. The topological polar surface area (TPSA) is 109 Å². The number of alkyl halides is 1. The number of carbonyl (C=O) groups excluding carboxylic acids is 1. The van der Waals surface area contributed by atoms with Gasteiger partial charge in [-0.05, 0) is 46.9 Å². The maximum absolute atomic E-state index is 14.8. The lowest BCUT2D eigenvalue weighted by atomic mass is 10.2. The summed E-state index contributed by atoms with van der Waals surface area (Å²) in [4.78, 5) is 29.9. The van der Waals surface area contributed by atoms with Gasteiger partial charge in [0.1, 0.15) is 6.17 Å². The van der Waals surface area contributed by atoms with Gasteiger partial charge in [-0.2, -0.15) is 15.1 Å². The number of likely N-dealkylation sites (N-methyl/N-ethyl adjacent to an activating group) is 1. The van der Waals surface area contributed by atoms with Crippen LogP contribution in [0.2, 0.25) is 0 Å². The summed E-state index contributed by atoms with van der Waals surface area (Å²) in [5.41, 5.74) is 3.15. The fraction of sp³-hybridized carbons (Fsp3) is 0.542. The first-order valence-corrected chi connectivity index (χ1v) is 12.3. The van der Waals surface area contributed by atoms with Gasteiger partial charge in [0.05, 0.1) is 42.5 Å². The van der Waals surface area contributed by atoms with Crippen molar-refractivity contribution in [3.63, 3.8) is 0 Å². The Hall–Kier alpha value is -3.54. The SMILES string of the molecule is C=CC(=O)N[C@@H]1CN(c2nc(Nc3cnn([C@@H]4CCN(C)C4)c3C)c3ncn(C(C)C)c3n2)C[C@H]1F. The zero-order valence-corrected chi connectivity index (χ0v) is 21.1. The van der Waals surface area contributed by atoms with Crippen LogP contribution in [0.5, 0.6) is 0 Å². The average molecular weight is 497 g/mol. The summed E-state index contributed by atoms with van der Waals surface area (Å²) >= 11 is 0. The molecule has 5 heterocycles. The normalized spacial score (nSPS) is 22.6. The first-order chi connectivity index (χ1) is 17.2. The van der Waals surface area contributed by atoms with Crippen LogP contribution in [0.1, 0.15) is 38.0 Å². The zero-order valence-electron chi connectivity index (χ0n) is 21.1. The van der Waals surface area contributed by atoms with E-state index in [1.165, 1.54) is 0 Å². The monoisotopic (exact) mass is 496 g/mol. The van der Waals surface area contributed by atoms with E-state index in [1.807, 2.05) is 17.7 Å². The maximum Gasteiger partial charge on any atom is 0.243 e. The molecule has 36 heavy (non-hydrogen) atoms. The van der Waals surface area contributed by atoms with Crippen molar-refractivity contribution in [3.8, 4) is 0 Å². The third kappa shape index (κ3) is 4.41. The molecular formula is C24H33FN10O. The van der Waals surface area contributed by atoms with Gasteiger partial charge in [0.2, 0.25) is 11.9 Å². The average Bonchev–Trinajstić information content (AvgIpc) is 3.62. The van der Waals surface area contributed by atoms with E-state index in [1.54, 1.807) is 11.2 Å². The Balaban J connectivity index is 1.48. The molecule has 11 nitrogen and oxygen atoms in total.